The van der Waals surface area contributed by atoms with Crippen molar-refractivity contribution in [2.75, 3.05) is 31.2 Å². The van der Waals surface area contributed by atoms with Gasteiger partial charge in [-0.05, 0) is 51.3 Å². The summed E-state index contributed by atoms with van der Waals surface area (Å²) >= 11 is 0. The highest BCUT2D eigenvalue weighted by Crippen LogP contribution is 2.28. The van der Waals surface area contributed by atoms with Crippen molar-refractivity contribution in [1.82, 2.24) is 14.7 Å². The first kappa shape index (κ1) is 21.3. The minimum atomic E-state index is -3.84. The molecule has 1 aromatic heterocycles. The number of hydrogen-bond donors (Lipinski definition) is 1. The summed E-state index contributed by atoms with van der Waals surface area (Å²) in [5.41, 5.74) is 0. The summed E-state index contributed by atoms with van der Waals surface area (Å²) in [4.78, 5) is 11.0. The van der Waals surface area contributed by atoms with Crippen LogP contribution >= 0.6 is 0 Å². The quantitative estimate of drug-likeness (QED) is 0.667. The van der Waals surface area contributed by atoms with Gasteiger partial charge < -0.3 is 14.4 Å². The van der Waals surface area contributed by atoms with Crippen molar-refractivity contribution in [2.24, 2.45) is 0 Å². The lowest BCUT2D eigenvalue weighted by molar-refractivity contribution is 0.322. The zero-order chi connectivity index (χ0) is 20.7. The minimum absolute atomic E-state index is 0.00552. The number of aromatic nitrogens is 2. The first-order valence-corrected chi connectivity index (χ1v) is 11.5. The molecule has 0 aliphatic carbocycles. The van der Waals surface area contributed by atoms with Crippen molar-refractivity contribution in [3.8, 4) is 11.5 Å². The summed E-state index contributed by atoms with van der Waals surface area (Å²) in [7, 11) is -3.84. The monoisotopic (exact) mass is 420 g/mol. The Hall–Kier alpha value is -2.39. The van der Waals surface area contributed by atoms with Crippen molar-refractivity contribution in [2.45, 2.75) is 44.6 Å². The molecular formula is C20H28N4O4S. The van der Waals surface area contributed by atoms with Crippen molar-refractivity contribution in [3.05, 3.63) is 36.3 Å². The number of benzene rings is 1. The Morgan fingerprint density at radius 1 is 1.07 bits per heavy atom. The molecule has 0 saturated carbocycles. The number of nitrogens with one attached hydrogen (secondary N) is 1. The largest absolute Gasteiger partial charge is 0.494 e. The van der Waals surface area contributed by atoms with Gasteiger partial charge in [0.05, 0.1) is 19.8 Å². The Balaban J connectivity index is 1.77. The molecule has 0 atom stereocenters. The summed E-state index contributed by atoms with van der Waals surface area (Å²) < 4.78 is 39.4. The van der Waals surface area contributed by atoms with Gasteiger partial charge in [0.25, 0.3) is 0 Å². The second-order valence-electron chi connectivity index (χ2n) is 6.68. The van der Waals surface area contributed by atoms with E-state index in [0.29, 0.717) is 24.8 Å². The number of hydrogen-bond acceptors (Lipinski definition) is 7. The van der Waals surface area contributed by atoms with E-state index in [1.807, 2.05) is 13.0 Å². The predicted molar refractivity (Wildman–Crippen MR) is 111 cm³/mol. The van der Waals surface area contributed by atoms with E-state index in [2.05, 4.69) is 19.6 Å². The molecule has 3 rings (SSSR count). The van der Waals surface area contributed by atoms with Crippen LogP contribution in [0, 0.1) is 0 Å². The van der Waals surface area contributed by atoms with Gasteiger partial charge in [0, 0.05) is 25.4 Å². The first-order chi connectivity index (χ1) is 14.0. The number of anilines is 1. The zero-order valence-electron chi connectivity index (χ0n) is 16.9. The molecule has 2 heterocycles. The zero-order valence-corrected chi connectivity index (χ0v) is 17.7. The molecule has 1 aliphatic heterocycles. The van der Waals surface area contributed by atoms with Crippen LogP contribution in [-0.2, 0) is 16.6 Å². The fourth-order valence-corrected chi connectivity index (χ4v) is 4.38. The normalized spacial score (nSPS) is 14.6. The Labute approximate surface area is 172 Å². The van der Waals surface area contributed by atoms with Crippen LogP contribution in [0.3, 0.4) is 0 Å². The molecule has 1 aromatic carbocycles. The lowest BCUT2D eigenvalue weighted by Gasteiger charge is -2.27. The highest BCUT2D eigenvalue weighted by Gasteiger charge is 2.21. The number of sulfonamides is 1. The molecule has 1 aliphatic rings. The molecule has 1 saturated heterocycles. The number of rotatable bonds is 9. The molecule has 1 fully saturated rings. The van der Waals surface area contributed by atoms with E-state index >= 15 is 0 Å². The van der Waals surface area contributed by atoms with Gasteiger partial charge in [0.2, 0.25) is 10.0 Å². The fraction of sp³-hybridized carbons (Fsp3) is 0.500. The fourth-order valence-electron chi connectivity index (χ4n) is 3.24. The van der Waals surface area contributed by atoms with E-state index in [0.717, 1.165) is 31.7 Å². The van der Waals surface area contributed by atoms with Crippen LogP contribution in [0.5, 0.6) is 11.5 Å². The van der Waals surface area contributed by atoms with Crippen LogP contribution in [0.15, 0.2) is 35.4 Å². The molecule has 8 nitrogen and oxygen atoms in total. The molecule has 158 valence electrons. The standard InChI is InChI=1S/C20H28N4O4S/c1-3-27-16-8-9-17(28-4-2)18(14-16)29(25,26)22-15-19-21-11-10-20(23-19)24-12-6-5-7-13-24/h8-11,14,22H,3-7,12-13,15H2,1-2H3. The van der Waals surface area contributed by atoms with Crippen LogP contribution in [0.25, 0.3) is 0 Å². The van der Waals surface area contributed by atoms with E-state index in [9.17, 15) is 8.42 Å². The summed E-state index contributed by atoms with van der Waals surface area (Å²) in [5, 5.41) is 0. The lowest BCUT2D eigenvalue weighted by atomic mass is 10.1. The summed E-state index contributed by atoms with van der Waals surface area (Å²) in [5.74, 6) is 2.02. The second-order valence-corrected chi connectivity index (χ2v) is 8.41. The van der Waals surface area contributed by atoms with E-state index in [1.165, 1.54) is 12.5 Å². The van der Waals surface area contributed by atoms with Gasteiger partial charge in [-0.25, -0.2) is 23.1 Å². The van der Waals surface area contributed by atoms with Gasteiger partial charge >= 0.3 is 0 Å². The molecule has 0 amide bonds. The molecule has 0 spiro atoms. The molecule has 0 unspecified atom stereocenters. The van der Waals surface area contributed by atoms with Crippen LogP contribution in [-0.4, -0.2) is 44.7 Å². The van der Waals surface area contributed by atoms with E-state index in [1.54, 1.807) is 25.3 Å². The molecular weight excluding hydrogens is 392 g/mol. The third-order valence-corrected chi connectivity index (χ3v) is 6.03. The van der Waals surface area contributed by atoms with Crippen LogP contribution < -0.4 is 19.1 Å². The Kier molecular flexibility index (Phi) is 7.27. The molecule has 1 N–H and O–H groups in total. The molecule has 0 radical (unpaired) electrons. The second kappa shape index (κ2) is 9.89. The van der Waals surface area contributed by atoms with Crippen molar-refractivity contribution < 1.29 is 17.9 Å². The number of ether oxygens (including phenoxy) is 2. The average Bonchev–Trinajstić information content (AvgIpc) is 2.75. The smallest absolute Gasteiger partial charge is 0.244 e. The van der Waals surface area contributed by atoms with Crippen LogP contribution in [0.1, 0.15) is 38.9 Å². The highest BCUT2D eigenvalue weighted by molar-refractivity contribution is 7.89. The summed E-state index contributed by atoms with van der Waals surface area (Å²) in [6.45, 7) is 6.37. The molecule has 29 heavy (non-hydrogen) atoms. The highest BCUT2D eigenvalue weighted by atomic mass is 32.2. The topological polar surface area (TPSA) is 93.6 Å². The molecule has 9 heteroatoms. The van der Waals surface area contributed by atoms with Gasteiger partial charge in [0.1, 0.15) is 28.0 Å². The van der Waals surface area contributed by atoms with E-state index in [-0.39, 0.29) is 17.2 Å². The van der Waals surface area contributed by atoms with Gasteiger partial charge in [-0.3, -0.25) is 0 Å². The third-order valence-electron chi connectivity index (χ3n) is 4.61. The van der Waals surface area contributed by atoms with Gasteiger partial charge in [-0.1, -0.05) is 0 Å². The SMILES string of the molecule is CCOc1ccc(OCC)c(S(=O)(=O)NCc2nccc(N3CCCCC3)n2)c1. The Morgan fingerprint density at radius 2 is 1.83 bits per heavy atom. The summed E-state index contributed by atoms with van der Waals surface area (Å²) in [6.07, 6.45) is 5.18. The third kappa shape index (κ3) is 5.57. The molecule has 0 bridgehead atoms. The van der Waals surface area contributed by atoms with Crippen molar-refractivity contribution >= 4 is 15.8 Å². The first-order valence-electron chi connectivity index (χ1n) is 9.99. The lowest BCUT2D eigenvalue weighted by Crippen LogP contribution is -2.31. The van der Waals surface area contributed by atoms with Gasteiger partial charge in [-0.15, -0.1) is 0 Å². The van der Waals surface area contributed by atoms with Crippen molar-refractivity contribution in [1.29, 1.82) is 0 Å². The minimum Gasteiger partial charge on any atom is -0.494 e. The van der Waals surface area contributed by atoms with Crippen LogP contribution in [0.4, 0.5) is 5.82 Å². The Bertz CT molecular complexity index is 914. The number of nitrogens with zero attached hydrogens (tertiary/aromatic N) is 3. The maximum Gasteiger partial charge on any atom is 0.244 e. The van der Waals surface area contributed by atoms with E-state index < -0.39 is 10.0 Å². The average molecular weight is 421 g/mol. The summed E-state index contributed by atoms with van der Waals surface area (Å²) in [6, 6.07) is 6.64. The maximum atomic E-state index is 12.9. The Morgan fingerprint density at radius 3 is 2.55 bits per heavy atom. The van der Waals surface area contributed by atoms with Gasteiger partial charge in [0.15, 0.2) is 0 Å². The van der Waals surface area contributed by atoms with Crippen molar-refractivity contribution in [3.63, 3.8) is 0 Å². The van der Waals surface area contributed by atoms with Crippen LogP contribution in [0.2, 0.25) is 0 Å². The predicted octanol–water partition coefficient (Wildman–Crippen LogP) is 2.74. The number of piperidine rings is 1. The van der Waals surface area contributed by atoms with Gasteiger partial charge in [-0.2, -0.15) is 0 Å². The molecule has 2 aromatic rings. The maximum absolute atomic E-state index is 12.9. The van der Waals surface area contributed by atoms with E-state index in [4.69, 9.17) is 9.47 Å².